The van der Waals surface area contributed by atoms with Gasteiger partial charge in [0.05, 0.1) is 11.6 Å². The SMILES string of the molecule is CCC[C@H](NS(=O)(=O)c1cc(Cl)cc(Br)c1OC)C(=O)O. The first-order valence-electron chi connectivity index (χ1n) is 6.01. The molecule has 9 heteroatoms. The fourth-order valence-electron chi connectivity index (χ4n) is 1.71. The van der Waals surface area contributed by atoms with E-state index in [2.05, 4.69) is 20.7 Å². The van der Waals surface area contributed by atoms with Gasteiger partial charge in [0.25, 0.3) is 0 Å². The first-order chi connectivity index (χ1) is 9.72. The molecule has 0 aliphatic heterocycles. The number of carboxylic acid groups (broad SMARTS) is 1. The number of methoxy groups -OCH3 is 1. The second-order valence-corrected chi connectivity index (χ2v) is 7.19. The molecule has 0 unspecified atom stereocenters. The number of carboxylic acids is 1. The average molecular weight is 401 g/mol. The largest absolute Gasteiger partial charge is 0.494 e. The summed E-state index contributed by atoms with van der Waals surface area (Å²) in [6, 6.07) is 1.49. The van der Waals surface area contributed by atoms with E-state index in [1.165, 1.54) is 19.2 Å². The van der Waals surface area contributed by atoms with E-state index in [9.17, 15) is 13.2 Å². The Bertz CT molecular complexity index is 635. The van der Waals surface area contributed by atoms with Crippen molar-refractivity contribution >= 4 is 43.5 Å². The molecule has 0 fully saturated rings. The molecule has 0 bridgehead atoms. The number of benzene rings is 1. The van der Waals surface area contributed by atoms with Gasteiger partial charge in [-0.25, -0.2) is 8.42 Å². The Morgan fingerprint density at radius 1 is 1.52 bits per heavy atom. The van der Waals surface area contributed by atoms with Gasteiger partial charge in [-0.2, -0.15) is 4.72 Å². The summed E-state index contributed by atoms with van der Waals surface area (Å²) in [5.74, 6) is -1.17. The summed E-state index contributed by atoms with van der Waals surface area (Å²) in [7, 11) is -2.77. The predicted octanol–water partition coefficient (Wildman–Crippen LogP) is 2.64. The first-order valence-corrected chi connectivity index (χ1v) is 8.66. The highest BCUT2D eigenvalue weighted by atomic mass is 79.9. The lowest BCUT2D eigenvalue weighted by Gasteiger charge is -2.16. The van der Waals surface area contributed by atoms with E-state index in [-0.39, 0.29) is 22.1 Å². The van der Waals surface area contributed by atoms with Gasteiger partial charge in [-0.1, -0.05) is 24.9 Å². The standard InChI is InChI=1S/C12H15BrClNO5S/c1-3-4-9(12(16)17)15-21(18,19)10-6-7(14)5-8(13)11(10)20-2/h5-6,9,15H,3-4H2,1-2H3,(H,16,17)/t9-/m0/s1. The van der Waals surface area contributed by atoms with E-state index in [1.54, 1.807) is 6.92 Å². The van der Waals surface area contributed by atoms with E-state index >= 15 is 0 Å². The van der Waals surface area contributed by atoms with Gasteiger partial charge in [-0.15, -0.1) is 0 Å². The Balaban J connectivity index is 3.27. The molecule has 0 aliphatic carbocycles. The van der Waals surface area contributed by atoms with Crippen LogP contribution in [0.15, 0.2) is 21.5 Å². The molecule has 0 saturated heterocycles. The lowest BCUT2D eigenvalue weighted by atomic mass is 10.2. The highest BCUT2D eigenvalue weighted by Crippen LogP contribution is 2.35. The minimum Gasteiger partial charge on any atom is -0.494 e. The number of hydrogen-bond donors (Lipinski definition) is 2. The summed E-state index contributed by atoms with van der Waals surface area (Å²) in [6.45, 7) is 1.76. The van der Waals surface area contributed by atoms with E-state index in [0.717, 1.165) is 0 Å². The van der Waals surface area contributed by atoms with Crippen molar-refractivity contribution in [3.05, 3.63) is 21.6 Å². The minimum atomic E-state index is -4.08. The Labute approximate surface area is 136 Å². The Morgan fingerprint density at radius 2 is 2.14 bits per heavy atom. The second kappa shape index (κ2) is 7.44. The molecule has 1 rings (SSSR count). The zero-order valence-corrected chi connectivity index (χ0v) is 14.5. The minimum absolute atomic E-state index is 0.0625. The van der Waals surface area contributed by atoms with E-state index in [4.69, 9.17) is 21.4 Å². The van der Waals surface area contributed by atoms with Crippen molar-refractivity contribution in [2.24, 2.45) is 0 Å². The predicted molar refractivity (Wildman–Crippen MR) is 82.4 cm³/mol. The molecular formula is C12H15BrClNO5S. The van der Waals surface area contributed by atoms with Gasteiger partial charge in [-0.3, -0.25) is 4.79 Å². The van der Waals surface area contributed by atoms with Crippen molar-refractivity contribution in [1.29, 1.82) is 0 Å². The third-order valence-electron chi connectivity index (χ3n) is 2.64. The summed E-state index contributed by atoms with van der Waals surface area (Å²) in [4.78, 5) is 10.9. The van der Waals surface area contributed by atoms with Crippen LogP contribution in [0.5, 0.6) is 5.75 Å². The van der Waals surface area contributed by atoms with Crippen LogP contribution in [0.25, 0.3) is 0 Å². The van der Waals surface area contributed by atoms with Gasteiger partial charge in [-0.05, 0) is 34.5 Å². The summed E-state index contributed by atoms with van der Waals surface area (Å²) >= 11 is 9.01. The van der Waals surface area contributed by atoms with Gasteiger partial charge in [0.1, 0.15) is 10.9 Å². The molecule has 118 valence electrons. The maximum Gasteiger partial charge on any atom is 0.321 e. The van der Waals surface area contributed by atoms with Crippen molar-refractivity contribution in [2.45, 2.75) is 30.7 Å². The molecule has 1 atom stereocenters. The molecule has 6 nitrogen and oxygen atoms in total. The monoisotopic (exact) mass is 399 g/mol. The number of halogens is 2. The fourth-order valence-corrected chi connectivity index (χ4v) is 4.31. The van der Waals surface area contributed by atoms with Crippen molar-refractivity contribution < 1.29 is 23.1 Å². The first kappa shape index (κ1) is 18.2. The van der Waals surface area contributed by atoms with Crippen LogP contribution in [-0.2, 0) is 14.8 Å². The molecule has 0 spiro atoms. The number of hydrogen-bond acceptors (Lipinski definition) is 4. The summed E-state index contributed by atoms with van der Waals surface area (Å²) in [5, 5.41) is 9.24. The lowest BCUT2D eigenvalue weighted by Crippen LogP contribution is -2.40. The van der Waals surface area contributed by atoms with E-state index < -0.39 is 22.0 Å². The molecule has 1 aromatic carbocycles. The Kier molecular flexibility index (Phi) is 6.45. The highest BCUT2D eigenvalue weighted by molar-refractivity contribution is 9.10. The molecule has 0 saturated carbocycles. The van der Waals surface area contributed by atoms with E-state index in [0.29, 0.717) is 10.9 Å². The molecule has 0 aliphatic rings. The van der Waals surface area contributed by atoms with Crippen molar-refractivity contribution in [2.75, 3.05) is 7.11 Å². The Morgan fingerprint density at radius 3 is 2.62 bits per heavy atom. The molecule has 2 N–H and O–H groups in total. The quantitative estimate of drug-likeness (QED) is 0.734. The molecule has 0 amide bonds. The van der Waals surface area contributed by atoms with E-state index in [1.807, 2.05) is 0 Å². The van der Waals surface area contributed by atoms with Crippen LogP contribution in [0.3, 0.4) is 0 Å². The zero-order chi connectivity index (χ0) is 16.2. The number of aliphatic carboxylic acids is 1. The highest BCUT2D eigenvalue weighted by Gasteiger charge is 2.28. The molecule has 21 heavy (non-hydrogen) atoms. The maximum absolute atomic E-state index is 12.4. The van der Waals surface area contributed by atoms with Crippen LogP contribution >= 0.6 is 27.5 Å². The Hall–Kier alpha value is -0.830. The number of nitrogens with one attached hydrogen (secondary N) is 1. The van der Waals surface area contributed by atoms with Crippen molar-refractivity contribution in [1.82, 2.24) is 4.72 Å². The summed E-state index contributed by atoms with van der Waals surface area (Å²) < 4.78 is 32.3. The third kappa shape index (κ3) is 4.57. The van der Waals surface area contributed by atoms with Gasteiger partial charge in [0, 0.05) is 5.02 Å². The molecular weight excluding hydrogens is 386 g/mol. The van der Waals surface area contributed by atoms with Crippen LogP contribution in [0.1, 0.15) is 19.8 Å². The van der Waals surface area contributed by atoms with Crippen molar-refractivity contribution in [3.63, 3.8) is 0 Å². The summed E-state index contributed by atoms with van der Waals surface area (Å²) in [5.41, 5.74) is 0. The van der Waals surface area contributed by atoms with Gasteiger partial charge < -0.3 is 9.84 Å². The van der Waals surface area contributed by atoms with Crippen LogP contribution in [0.2, 0.25) is 5.02 Å². The number of carbonyl (C=O) groups is 1. The average Bonchev–Trinajstić information content (AvgIpc) is 2.37. The second-order valence-electron chi connectivity index (χ2n) is 4.22. The fraction of sp³-hybridized carbons (Fsp3) is 0.417. The van der Waals surface area contributed by atoms with Crippen LogP contribution < -0.4 is 9.46 Å². The van der Waals surface area contributed by atoms with Gasteiger partial charge >= 0.3 is 5.97 Å². The lowest BCUT2D eigenvalue weighted by molar-refractivity contribution is -0.139. The third-order valence-corrected chi connectivity index (χ3v) is 4.93. The number of rotatable bonds is 7. The normalized spacial score (nSPS) is 13.0. The van der Waals surface area contributed by atoms with Gasteiger partial charge in [0.15, 0.2) is 5.75 Å². The van der Waals surface area contributed by atoms with Crippen LogP contribution in [0, 0.1) is 0 Å². The maximum atomic E-state index is 12.4. The van der Waals surface area contributed by atoms with Crippen LogP contribution in [-0.4, -0.2) is 32.6 Å². The topological polar surface area (TPSA) is 92.7 Å². The molecule has 1 aromatic rings. The van der Waals surface area contributed by atoms with Gasteiger partial charge in [0.2, 0.25) is 10.0 Å². The van der Waals surface area contributed by atoms with Crippen molar-refractivity contribution in [3.8, 4) is 5.75 Å². The van der Waals surface area contributed by atoms with Crippen LogP contribution in [0.4, 0.5) is 0 Å². The smallest absolute Gasteiger partial charge is 0.321 e. The number of sulfonamides is 1. The molecule has 0 radical (unpaired) electrons. The molecule has 0 heterocycles. The number of ether oxygens (including phenoxy) is 1. The summed E-state index contributed by atoms with van der Waals surface area (Å²) in [6.07, 6.45) is 0.703. The molecule has 0 aromatic heterocycles. The zero-order valence-electron chi connectivity index (χ0n) is 11.4.